The molecule has 3 amide bonds. The van der Waals surface area contributed by atoms with Gasteiger partial charge in [0, 0.05) is 16.1 Å². The maximum Gasteiger partial charge on any atom is 0.416 e. The molecule has 0 bridgehead atoms. The van der Waals surface area contributed by atoms with Crippen LogP contribution in [-0.4, -0.2) is 17.7 Å². The first kappa shape index (κ1) is 35.0. The zero-order valence-corrected chi connectivity index (χ0v) is 27.5. The van der Waals surface area contributed by atoms with Crippen LogP contribution in [0.25, 0.3) is 6.08 Å². The number of hydrogen-bond acceptors (Lipinski definition) is 4. The smallest absolute Gasteiger partial charge is 0.323 e. The lowest BCUT2D eigenvalue weighted by molar-refractivity contribution is -0.137. The number of alkyl halides is 3. The number of amides is 3. The van der Waals surface area contributed by atoms with Crippen LogP contribution in [0.5, 0.6) is 0 Å². The van der Waals surface area contributed by atoms with Gasteiger partial charge >= 0.3 is 6.18 Å². The van der Waals surface area contributed by atoms with Crippen LogP contribution < -0.4 is 16.0 Å². The number of thioether (sulfide) groups is 1. The summed E-state index contributed by atoms with van der Waals surface area (Å²) in [6, 6.07) is 34.1. The van der Waals surface area contributed by atoms with Crippen molar-refractivity contribution in [3.8, 4) is 0 Å². The first-order valence-electron chi connectivity index (χ1n) is 14.9. The Bertz CT molecular complexity index is 2000. The molecule has 0 aliphatic carbocycles. The van der Waals surface area contributed by atoms with Crippen LogP contribution in [0.2, 0.25) is 5.02 Å². The van der Waals surface area contributed by atoms with Crippen LogP contribution in [0, 0.1) is 6.92 Å². The Morgan fingerprint density at radius 1 is 0.776 bits per heavy atom. The summed E-state index contributed by atoms with van der Waals surface area (Å²) in [5, 5.41) is 7.15. The Labute approximate surface area is 290 Å². The Kier molecular flexibility index (Phi) is 11.2. The first-order valence-corrected chi connectivity index (χ1v) is 16.2. The van der Waals surface area contributed by atoms with E-state index in [1.807, 2.05) is 31.2 Å². The molecule has 5 aromatic rings. The van der Waals surface area contributed by atoms with Crippen molar-refractivity contribution in [1.82, 2.24) is 5.32 Å². The third kappa shape index (κ3) is 9.62. The van der Waals surface area contributed by atoms with Crippen LogP contribution in [0.15, 0.2) is 138 Å². The highest BCUT2D eigenvalue weighted by Crippen LogP contribution is 2.39. The van der Waals surface area contributed by atoms with E-state index in [4.69, 9.17) is 11.6 Å². The minimum absolute atomic E-state index is 0.0111. The maximum absolute atomic E-state index is 13.6. The largest absolute Gasteiger partial charge is 0.416 e. The van der Waals surface area contributed by atoms with Gasteiger partial charge in [-0.05, 0) is 72.7 Å². The summed E-state index contributed by atoms with van der Waals surface area (Å²) in [6.07, 6.45) is -3.04. The summed E-state index contributed by atoms with van der Waals surface area (Å²) in [5.41, 5.74) is 1.92. The number of anilines is 2. The van der Waals surface area contributed by atoms with Crippen molar-refractivity contribution >= 4 is 58.5 Å². The second kappa shape index (κ2) is 15.7. The molecule has 0 fully saturated rings. The molecule has 5 aromatic carbocycles. The molecule has 0 saturated heterocycles. The molecule has 3 N–H and O–H groups in total. The number of carbonyl (C=O) groups excluding carboxylic acids is 3. The maximum atomic E-state index is 13.6. The first-order chi connectivity index (χ1) is 23.5. The van der Waals surface area contributed by atoms with Gasteiger partial charge in [-0.2, -0.15) is 13.2 Å². The Morgan fingerprint density at radius 2 is 1.47 bits per heavy atom. The molecule has 5 rings (SSSR count). The molecule has 0 spiro atoms. The number of benzene rings is 5. The van der Waals surface area contributed by atoms with Crippen molar-refractivity contribution in [1.29, 1.82) is 0 Å². The molecule has 6 nitrogen and oxygen atoms in total. The minimum atomic E-state index is -4.62. The molecule has 11 heteroatoms. The normalized spacial score (nSPS) is 12.1. The predicted octanol–water partition coefficient (Wildman–Crippen LogP) is 9.55. The van der Waals surface area contributed by atoms with E-state index < -0.39 is 34.7 Å². The molecule has 1 atom stereocenters. The monoisotopic (exact) mass is 699 g/mol. The highest BCUT2D eigenvalue weighted by molar-refractivity contribution is 8.00. The van der Waals surface area contributed by atoms with Crippen LogP contribution in [0.4, 0.5) is 24.5 Å². The SMILES string of the molecule is Cc1cccc(/C=C(/NC(=O)c2ccccc2)C(=O)Nc2cccc(SC(C(=O)Nc3cc(C(F)(F)F)ccc3Cl)c3ccccc3)c2)c1. The van der Waals surface area contributed by atoms with Crippen molar-refractivity contribution < 1.29 is 27.6 Å². The summed E-state index contributed by atoms with van der Waals surface area (Å²) in [6.45, 7) is 1.92. The lowest BCUT2D eigenvalue weighted by Crippen LogP contribution is -2.30. The van der Waals surface area contributed by atoms with Gasteiger partial charge in [0.25, 0.3) is 11.8 Å². The number of aryl methyl sites for hydroxylation is 1. The van der Waals surface area contributed by atoms with Crippen LogP contribution in [0.3, 0.4) is 0 Å². The molecule has 0 aliphatic heterocycles. The average molecular weight is 700 g/mol. The van der Waals surface area contributed by atoms with E-state index in [0.717, 1.165) is 35.5 Å². The van der Waals surface area contributed by atoms with Crippen molar-refractivity contribution in [2.75, 3.05) is 10.6 Å². The van der Waals surface area contributed by atoms with Crippen LogP contribution in [0.1, 0.15) is 37.9 Å². The molecule has 1 unspecified atom stereocenters. The third-order valence-corrected chi connectivity index (χ3v) is 8.70. The molecule has 0 radical (unpaired) electrons. The standard InChI is InChI=1S/C38H29ClF3N3O3S/c1-24-10-8-11-25(20-24)21-33(45-35(46)27-14-6-3-7-15-27)36(47)43-29-16-9-17-30(23-29)49-34(26-12-4-2-5-13-26)37(48)44-32-22-28(38(40,41)42)18-19-31(32)39/h2-23,34H,1H3,(H,43,47)(H,44,48)(H,45,46)/b33-21+. The molecule has 0 saturated carbocycles. The van der Waals surface area contributed by atoms with Gasteiger partial charge in [-0.1, -0.05) is 96.0 Å². The number of nitrogens with one attached hydrogen (secondary N) is 3. The topological polar surface area (TPSA) is 87.3 Å². The van der Waals surface area contributed by atoms with Crippen molar-refractivity contribution in [2.24, 2.45) is 0 Å². The summed E-state index contributed by atoms with van der Waals surface area (Å²) in [7, 11) is 0. The van der Waals surface area contributed by atoms with Gasteiger partial charge in [0.15, 0.2) is 0 Å². The summed E-state index contributed by atoms with van der Waals surface area (Å²) in [5.74, 6) is -1.64. The second-order valence-electron chi connectivity index (χ2n) is 10.9. The zero-order valence-electron chi connectivity index (χ0n) is 25.9. The lowest BCUT2D eigenvalue weighted by atomic mass is 10.1. The predicted molar refractivity (Wildman–Crippen MR) is 188 cm³/mol. The molecule has 0 aliphatic rings. The van der Waals surface area contributed by atoms with E-state index in [9.17, 15) is 27.6 Å². The van der Waals surface area contributed by atoms with Gasteiger partial charge in [-0.15, -0.1) is 11.8 Å². The van der Waals surface area contributed by atoms with Crippen LogP contribution >= 0.6 is 23.4 Å². The third-order valence-electron chi connectivity index (χ3n) is 7.12. The van der Waals surface area contributed by atoms with Gasteiger partial charge < -0.3 is 16.0 Å². The molecular weight excluding hydrogens is 671 g/mol. The van der Waals surface area contributed by atoms with Crippen molar-refractivity contribution in [3.63, 3.8) is 0 Å². The fraction of sp³-hybridized carbons (Fsp3) is 0.0789. The van der Waals surface area contributed by atoms with Gasteiger partial charge in [-0.3, -0.25) is 14.4 Å². The Balaban J connectivity index is 1.39. The highest BCUT2D eigenvalue weighted by Gasteiger charge is 2.32. The minimum Gasteiger partial charge on any atom is -0.323 e. The highest BCUT2D eigenvalue weighted by atomic mass is 35.5. The molecular formula is C38H29ClF3N3O3S. The van der Waals surface area contributed by atoms with Crippen molar-refractivity contribution in [2.45, 2.75) is 23.2 Å². The average Bonchev–Trinajstić information content (AvgIpc) is 3.08. The van der Waals surface area contributed by atoms with Crippen molar-refractivity contribution in [3.05, 3.63) is 166 Å². The van der Waals surface area contributed by atoms with Gasteiger partial charge in [-0.25, -0.2) is 0 Å². The van der Waals surface area contributed by atoms with E-state index in [-0.39, 0.29) is 16.4 Å². The quantitative estimate of drug-likeness (QED) is 0.100. The number of halogens is 4. The van der Waals surface area contributed by atoms with E-state index in [1.54, 1.807) is 91.0 Å². The van der Waals surface area contributed by atoms with E-state index in [2.05, 4.69) is 16.0 Å². The van der Waals surface area contributed by atoms with Gasteiger partial charge in [0.1, 0.15) is 10.9 Å². The fourth-order valence-corrected chi connectivity index (χ4v) is 6.00. The van der Waals surface area contributed by atoms with E-state index in [0.29, 0.717) is 27.3 Å². The van der Waals surface area contributed by atoms with E-state index >= 15 is 0 Å². The number of hydrogen-bond donors (Lipinski definition) is 3. The Morgan fingerprint density at radius 3 is 2.16 bits per heavy atom. The fourth-order valence-electron chi connectivity index (χ4n) is 4.75. The summed E-state index contributed by atoms with van der Waals surface area (Å²) < 4.78 is 40.1. The van der Waals surface area contributed by atoms with Crippen LogP contribution in [-0.2, 0) is 15.8 Å². The van der Waals surface area contributed by atoms with Gasteiger partial charge in [0.2, 0.25) is 5.91 Å². The molecule has 248 valence electrons. The Hall–Kier alpha value is -5.32. The summed E-state index contributed by atoms with van der Waals surface area (Å²) in [4.78, 5) is 40.8. The second-order valence-corrected chi connectivity index (χ2v) is 12.5. The zero-order chi connectivity index (χ0) is 35.0. The van der Waals surface area contributed by atoms with Gasteiger partial charge in [0.05, 0.1) is 16.3 Å². The molecule has 49 heavy (non-hydrogen) atoms. The lowest BCUT2D eigenvalue weighted by Gasteiger charge is -2.19. The number of carbonyl (C=O) groups is 3. The molecule has 0 heterocycles. The number of rotatable bonds is 10. The molecule has 0 aromatic heterocycles. The van der Waals surface area contributed by atoms with E-state index in [1.165, 1.54) is 0 Å². The summed E-state index contributed by atoms with van der Waals surface area (Å²) >= 11 is 7.29.